The number of nitrogens with zero attached hydrogens (tertiary/aromatic N) is 1. The molecule has 1 aromatic heterocycles. The summed E-state index contributed by atoms with van der Waals surface area (Å²) in [5.41, 5.74) is 1.70. The molecule has 0 aliphatic heterocycles. The number of carbonyl (C=O) groups excluding carboxylic acids is 3. The van der Waals surface area contributed by atoms with Crippen molar-refractivity contribution in [2.24, 2.45) is 0 Å². The first-order chi connectivity index (χ1) is 13.5. The first-order valence-electron chi connectivity index (χ1n) is 8.24. The van der Waals surface area contributed by atoms with Crippen molar-refractivity contribution in [3.63, 3.8) is 0 Å². The van der Waals surface area contributed by atoms with E-state index in [4.69, 9.17) is 4.74 Å². The third-order valence-corrected chi connectivity index (χ3v) is 4.61. The lowest BCUT2D eigenvalue weighted by molar-refractivity contribution is -0.142. The molecule has 0 atom stereocenters. The molecule has 3 rings (SSSR count). The second-order valence-electron chi connectivity index (χ2n) is 5.58. The first-order valence-corrected chi connectivity index (χ1v) is 9.05. The van der Waals surface area contributed by atoms with E-state index < -0.39 is 24.5 Å². The second-order valence-corrected chi connectivity index (χ2v) is 6.64. The summed E-state index contributed by atoms with van der Waals surface area (Å²) in [6.45, 7) is -0.429. The number of para-hydroxylation sites is 1. The SMILES string of the molecule is COC(=O)c1ccc(NC(=O)COC(=O)/C=C/c2nc3ccccc3s2)cc1. The van der Waals surface area contributed by atoms with Crippen LogP contribution in [0.25, 0.3) is 16.3 Å². The molecular weight excluding hydrogens is 380 g/mol. The van der Waals surface area contributed by atoms with Gasteiger partial charge in [0.05, 0.1) is 22.9 Å². The van der Waals surface area contributed by atoms with Gasteiger partial charge in [0, 0.05) is 11.8 Å². The summed E-state index contributed by atoms with van der Waals surface area (Å²) < 4.78 is 10.5. The number of amides is 1. The zero-order valence-corrected chi connectivity index (χ0v) is 15.7. The smallest absolute Gasteiger partial charge is 0.337 e. The minimum atomic E-state index is -0.643. The third kappa shape index (κ3) is 5.01. The average molecular weight is 396 g/mol. The van der Waals surface area contributed by atoms with Gasteiger partial charge in [-0.2, -0.15) is 0 Å². The van der Waals surface area contributed by atoms with Gasteiger partial charge in [0.1, 0.15) is 5.01 Å². The van der Waals surface area contributed by atoms with E-state index in [1.807, 2.05) is 24.3 Å². The number of anilines is 1. The molecule has 1 heterocycles. The Kier molecular flexibility index (Phi) is 6.13. The van der Waals surface area contributed by atoms with Crippen LogP contribution in [0.15, 0.2) is 54.6 Å². The lowest BCUT2D eigenvalue weighted by Gasteiger charge is -2.06. The lowest BCUT2D eigenvalue weighted by atomic mass is 10.2. The van der Waals surface area contributed by atoms with Crippen molar-refractivity contribution in [3.05, 3.63) is 65.2 Å². The minimum Gasteiger partial charge on any atom is -0.465 e. The maximum atomic E-state index is 11.9. The van der Waals surface area contributed by atoms with Gasteiger partial charge in [-0.05, 0) is 42.5 Å². The normalized spacial score (nSPS) is 10.8. The highest BCUT2D eigenvalue weighted by atomic mass is 32.1. The van der Waals surface area contributed by atoms with Crippen molar-refractivity contribution >= 4 is 51.2 Å². The third-order valence-electron chi connectivity index (χ3n) is 3.61. The van der Waals surface area contributed by atoms with Gasteiger partial charge in [-0.3, -0.25) is 4.79 Å². The van der Waals surface area contributed by atoms with Gasteiger partial charge >= 0.3 is 11.9 Å². The van der Waals surface area contributed by atoms with Crippen LogP contribution in [-0.2, 0) is 19.1 Å². The highest BCUT2D eigenvalue weighted by Crippen LogP contribution is 2.22. The molecular formula is C20H16N2O5S. The van der Waals surface area contributed by atoms with E-state index in [0.717, 1.165) is 10.2 Å². The molecule has 0 saturated heterocycles. The van der Waals surface area contributed by atoms with Crippen molar-refractivity contribution < 1.29 is 23.9 Å². The van der Waals surface area contributed by atoms with Crippen LogP contribution in [0, 0.1) is 0 Å². The summed E-state index contributed by atoms with van der Waals surface area (Å²) in [5, 5.41) is 3.24. The van der Waals surface area contributed by atoms with E-state index in [9.17, 15) is 14.4 Å². The van der Waals surface area contributed by atoms with Crippen molar-refractivity contribution in [1.29, 1.82) is 0 Å². The fraction of sp³-hybridized carbons (Fsp3) is 0.100. The molecule has 28 heavy (non-hydrogen) atoms. The molecule has 0 bridgehead atoms. The molecule has 7 nitrogen and oxygen atoms in total. The first kappa shape index (κ1) is 19.2. The molecule has 0 saturated carbocycles. The highest BCUT2D eigenvalue weighted by molar-refractivity contribution is 7.19. The number of ether oxygens (including phenoxy) is 2. The van der Waals surface area contributed by atoms with E-state index in [0.29, 0.717) is 16.3 Å². The molecule has 2 aromatic carbocycles. The Morgan fingerprint density at radius 2 is 1.86 bits per heavy atom. The van der Waals surface area contributed by atoms with Crippen molar-refractivity contribution in [1.82, 2.24) is 4.98 Å². The zero-order chi connectivity index (χ0) is 19.9. The number of carbonyl (C=O) groups is 3. The molecule has 0 unspecified atom stereocenters. The Labute approximate surface area is 164 Å². The summed E-state index contributed by atoms with van der Waals surface area (Å²) in [4.78, 5) is 39.4. The molecule has 8 heteroatoms. The van der Waals surface area contributed by atoms with Crippen LogP contribution >= 0.6 is 11.3 Å². The van der Waals surface area contributed by atoms with Crippen molar-refractivity contribution in [2.45, 2.75) is 0 Å². The number of rotatable bonds is 6. The second kappa shape index (κ2) is 8.92. The maximum absolute atomic E-state index is 11.9. The van der Waals surface area contributed by atoms with E-state index >= 15 is 0 Å². The van der Waals surface area contributed by atoms with Gasteiger partial charge in [0.25, 0.3) is 5.91 Å². The van der Waals surface area contributed by atoms with Crippen LogP contribution in [0.3, 0.4) is 0 Å². The summed E-state index contributed by atoms with van der Waals surface area (Å²) >= 11 is 1.45. The predicted molar refractivity (Wildman–Crippen MR) is 106 cm³/mol. The molecule has 0 fully saturated rings. The highest BCUT2D eigenvalue weighted by Gasteiger charge is 2.08. The van der Waals surface area contributed by atoms with Gasteiger partial charge in [0.15, 0.2) is 6.61 Å². The minimum absolute atomic E-state index is 0.368. The Balaban J connectivity index is 1.48. The van der Waals surface area contributed by atoms with E-state index in [2.05, 4.69) is 15.0 Å². The van der Waals surface area contributed by atoms with Crippen LogP contribution in [0.4, 0.5) is 5.69 Å². The maximum Gasteiger partial charge on any atom is 0.337 e. The molecule has 142 valence electrons. The molecule has 0 radical (unpaired) electrons. The van der Waals surface area contributed by atoms with Gasteiger partial charge < -0.3 is 14.8 Å². The van der Waals surface area contributed by atoms with E-state index in [1.54, 1.807) is 18.2 Å². The molecule has 1 amide bonds. The van der Waals surface area contributed by atoms with Crippen LogP contribution in [0.5, 0.6) is 0 Å². The Morgan fingerprint density at radius 1 is 1.11 bits per heavy atom. The van der Waals surface area contributed by atoms with Gasteiger partial charge in [-0.1, -0.05) is 12.1 Å². The lowest BCUT2D eigenvalue weighted by Crippen LogP contribution is -2.20. The monoisotopic (exact) mass is 396 g/mol. The quantitative estimate of drug-likeness (QED) is 0.508. The summed E-state index contributed by atoms with van der Waals surface area (Å²) in [7, 11) is 1.29. The molecule has 3 aromatic rings. The summed E-state index contributed by atoms with van der Waals surface area (Å²) in [5.74, 6) is -1.60. The number of benzene rings is 2. The van der Waals surface area contributed by atoms with Gasteiger partial charge in [-0.15, -0.1) is 11.3 Å². The Morgan fingerprint density at radius 3 is 2.57 bits per heavy atom. The number of aromatic nitrogens is 1. The van der Waals surface area contributed by atoms with E-state index in [-0.39, 0.29) is 0 Å². The largest absolute Gasteiger partial charge is 0.465 e. The Hall–Kier alpha value is -3.52. The van der Waals surface area contributed by atoms with Crippen LogP contribution in [-0.4, -0.2) is 36.5 Å². The Bertz CT molecular complexity index is 1010. The van der Waals surface area contributed by atoms with E-state index in [1.165, 1.54) is 36.7 Å². The molecule has 1 N–H and O–H groups in total. The fourth-order valence-electron chi connectivity index (χ4n) is 2.29. The van der Waals surface area contributed by atoms with Crippen LogP contribution in [0.2, 0.25) is 0 Å². The summed E-state index contributed by atoms with van der Waals surface area (Å²) in [6.07, 6.45) is 2.78. The zero-order valence-electron chi connectivity index (χ0n) is 14.9. The summed E-state index contributed by atoms with van der Waals surface area (Å²) in [6, 6.07) is 13.8. The number of methoxy groups -OCH3 is 1. The number of nitrogens with one attached hydrogen (secondary N) is 1. The number of thiazole rings is 1. The topological polar surface area (TPSA) is 94.6 Å². The number of hydrogen-bond donors (Lipinski definition) is 1. The van der Waals surface area contributed by atoms with Crippen molar-refractivity contribution in [2.75, 3.05) is 19.0 Å². The van der Waals surface area contributed by atoms with Crippen LogP contribution < -0.4 is 5.32 Å². The number of fused-ring (bicyclic) bond motifs is 1. The molecule has 0 aliphatic rings. The number of hydrogen-bond acceptors (Lipinski definition) is 7. The fourth-order valence-corrected chi connectivity index (χ4v) is 3.16. The van der Waals surface area contributed by atoms with Gasteiger partial charge in [0.2, 0.25) is 0 Å². The van der Waals surface area contributed by atoms with Crippen molar-refractivity contribution in [3.8, 4) is 0 Å². The average Bonchev–Trinajstić information content (AvgIpc) is 3.13. The van der Waals surface area contributed by atoms with Crippen LogP contribution in [0.1, 0.15) is 15.4 Å². The predicted octanol–water partition coefficient (Wildman–Crippen LogP) is 3.28. The van der Waals surface area contributed by atoms with Gasteiger partial charge in [-0.25, -0.2) is 14.6 Å². The molecule has 0 spiro atoms. The molecule has 0 aliphatic carbocycles. The standard InChI is InChI=1S/C20H16N2O5S/c1-26-20(25)13-6-8-14(9-7-13)21-17(23)12-27-19(24)11-10-18-22-15-4-2-3-5-16(15)28-18/h2-11H,12H2,1H3,(H,21,23)/b11-10+. The number of esters is 2.